The molecule has 164 valence electrons. The van der Waals surface area contributed by atoms with Crippen molar-refractivity contribution >= 4 is 28.6 Å². The summed E-state index contributed by atoms with van der Waals surface area (Å²) in [5.74, 6) is 1.05. The number of rotatable bonds is 5. The van der Waals surface area contributed by atoms with Crippen LogP contribution in [-0.4, -0.2) is 56.3 Å². The van der Waals surface area contributed by atoms with Crippen LogP contribution in [0, 0.1) is 0 Å². The Kier molecular flexibility index (Phi) is 5.44. The molecule has 0 bridgehead atoms. The minimum atomic E-state index is -0.0961. The third kappa shape index (κ3) is 4.45. The Morgan fingerprint density at radius 1 is 1.23 bits per heavy atom. The third-order valence-corrected chi connectivity index (χ3v) is 6.40. The lowest BCUT2D eigenvalue weighted by atomic mass is 9.89. The van der Waals surface area contributed by atoms with Gasteiger partial charge in [-0.25, -0.2) is 4.98 Å². The number of aromatic nitrogens is 5. The Hall–Kier alpha value is -2.45. The predicted molar refractivity (Wildman–Crippen MR) is 119 cm³/mol. The normalized spacial score (nSPS) is 21.6. The van der Waals surface area contributed by atoms with Crippen LogP contribution in [0.2, 0.25) is 5.28 Å². The number of halogens is 1. The van der Waals surface area contributed by atoms with Crippen molar-refractivity contribution in [3.63, 3.8) is 0 Å². The minimum absolute atomic E-state index is 0.0513. The molecule has 0 aliphatic carbocycles. The number of hydrogen-bond acceptors (Lipinski definition) is 7. The van der Waals surface area contributed by atoms with Crippen LogP contribution >= 0.6 is 11.6 Å². The fraction of sp³-hybridized carbons (Fsp3) is 0.545. The molecule has 0 spiro atoms. The minimum Gasteiger partial charge on any atom is -0.461 e. The Morgan fingerprint density at radius 3 is 2.84 bits per heavy atom. The van der Waals surface area contributed by atoms with Crippen LogP contribution < -0.4 is 9.64 Å². The lowest BCUT2D eigenvalue weighted by molar-refractivity contribution is -0.0338. The molecule has 0 amide bonds. The van der Waals surface area contributed by atoms with Crippen LogP contribution in [0.5, 0.6) is 6.01 Å². The van der Waals surface area contributed by atoms with E-state index < -0.39 is 0 Å². The van der Waals surface area contributed by atoms with Gasteiger partial charge >= 0.3 is 6.01 Å². The monoisotopic (exact) mass is 442 g/mol. The second kappa shape index (κ2) is 8.24. The number of piperidine rings is 1. The van der Waals surface area contributed by atoms with E-state index in [2.05, 4.69) is 55.9 Å². The van der Waals surface area contributed by atoms with Gasteiger partial charge in [-0.05, 0) is 74.7 Å². The number of H-pyrrole nitrogens is 1. The molecule has 1 atom stereocenters. The maximum absolute atomic E-state index is 6.17. The van der Waals surface area contributed by atoms with Crippen molar-refractivity contribution in [1.82, 2.24) is 24.9 Å². The molecular formula is C22H27ClN6O2. The zero-order chi connectivity index (χ0) is 21.4. The Labute approximate surface area is 186 Å². The molecule has 2 saturated heterocycles. The van der Waals surface area contributed by atoms with Gasteiger partial charge in [0.1, 0.15) is 12.3 Å². The van der Waals surface area contributed by atoms with Crippen LogP contribution in [0.1, 0.15) is 51.0 Å². The van der Waals surface area contributed by atoms with Gasteiger partial charge in [-0.2, -0.15) is 15.0 Å². The summed E-state index contributed by atoms with van der Waals surface area (Å²) in [5.41, 5.74) is 2.18. The van der Waals surface area contributed by atoms with Crippen molar-refractivity contribution in [1.29, 1.82) is 0 Å². The van der Waals surface area contributed by atoms with Crippen molar-refractivity contribution < 1.29 is 9.47 Å². The van der Waals surface area contributed by atoms with Gasteiger partial charge in [0.15, 0.2) is 0 Å². The van der Waals surface area contributed by atoms with Gasteiger partial charge < -0.3 is 19.4 Å². The number of nitrogens with zero attached hydrogens (tertiary/aromatic N) is 5. The summed E-state index contributed by atoms with van der Waals surface area (Å²) >= 11 is 6.17. The van der Waals surface area contributed by atoms with E-state index >= 15 is 0 Å². The van der Waals surface area contributed by atoms with E-state index in [1.807, 2.05) is 12.3 Å². The highest BCUT2D eigenvalue weighted by Crippen LogP contribution is 2.34. The molecular weight excluding hydrogens is 416 g/mol. The van der Waals surface area contributed by atoms with E-state index in [-0.39, 0.29) is 23.0 Å². The number of pyridine rings is 1. The summed E-state index contributed by atoms with van der Waals surface area (Å²) < 4.78 is 11.8. The molecule has 0 saturated carbocycles. The Balaban J connectivity index is 1.23. The van der Waals surface area contributed by atoms with Gasteiger partial charge in [0.2, 0.25) is 11.2 Å². The molecule has 9 heteroatoms. The number of nitrogens with one attached hydrogen (secondary N) is 1. The summed E-state index contributed by atoms with van der Waals surface area (Å²) in [7, 11) is 0. The van der Waals surface area contributed by atoms with Crippen LogP contribution in [0.4, 0.5) is 5.95 Å². The number of anilines is 1. The number of ether oxygens (including phenoxy) is 2. The average Bonchev–Trinajstić information content (AvgIpc) is 3.35. The SMILES string of the molecule is CC1(C)CC[C@H](COc2nc(Cl)nc(N3CCC(c4c[nH]c5ncccc45)CC3)n2)O1. The maximum atomic E-state index is 6.17. The number of fused-ring (bicyclic) bond motifs is 1. The molecule has 0 unspecified atom stereocenters. The van der Waals surface area contributed by atoms with E-state index in [4.69, 9.17) is 21.1 Å². The largest absolute Gasteiger partial charge is 0.461 e. The van der Waals surface area contributed by atoms with E-state index in [1.165, 1.54) is 10.9 Å². The fourth-order valence-corrected chi connectivity index (χ4v) is 4.74. The standard InChI is InChI=1S/C22H27ClN6O2/c1-22(2)8-5-15(31-22)13-30-21-27-19(23)26-20(28-21)29-10-6-14(7-11-29)17-12-25-18-16(17)4-3-9-24-18/h3-4,9,12,14-15H,5-8,10-11,13H2,1-2H3,(H,24,25)/t15-/m1/s1. The molecule has 2 fully saturated rings. The Bertz CT molecular complexity index is 1060. The highest BCUT2D eigenvalue weighted by atomic mass is 35.5. The van der Waals surface area contributed by atoms with Crippen LogP contribution in [-0.2, 0) is 4.74 Å². The van der Waals surface area contributed by atoms with Crippen LogP contribution in [0.25, 0.3) is 11.0 Å². The van der Waals surface area contributed by atoms with Crippen molar-refractivity contribution in [2.75, 3.05) is 24.6 Å². The van der Waals surface area contributed by atoms with Crippen LogP contribution in [0.15, 0.2) is 24.5 Å². The first-order valence-electron chi connectivity index (χ1n) is 10.9. The zero-order valence-electron chi connectivity index (χ0n) is 17.8. The lowest BCUT2D eigenvalue weighted by Crippen LogP contribution is -2.34. The van der Waals surface area contributed by atoms with Gasteiger partial charge in [-0.1, -0.05) is 0 Å². The zero-order valence-corrected chi connectivity index (χ0v) is 18.6. The molecule has 2 aliphatic heterocycles. The van der Waals surface area contributed by atoms with Gasteiger partial charge in [0, 0.05) is 30.9 Å². The van der Waals surface area contributed by atoms with E-state index in [1.54, 1.807) is 0 Å². The van der Waals surface area contributed by atoms with Crippen molar-refractivity contribution in [2.45, 2.75) is 57.2 Å². The topological polar surface area (TPSA) is 89.1 Å². The van der Waals surface area contributed by atoms with Gasteiger partial charge in [0.05, 0.1) is 11.7 Å². The van der Waals surface area contributed by atoms with E-state index in [0.717, 1.165) is 44.4 Å². The summed E-state index contributed by atoms with van der Waals surface area (Å²) in [5, 5.41) is 1.36. The van der Waals surface area contributed by atoms with E-state index in [9.17, 15) is 0 Å². The quantitative estimate of drug-likeness (QED) is 0.635. The van der Waals surface area contributed by atoms with Gasteiger partial charge in [-0.15, -0.1) is 0 Å². The van der Waals surface area contributed by atoms with E-state index in [0.29, 0.717) is 18.5 Å². The fourth-order valence-electron chi connectivity index (χ4n) is 4.60. The summed E-state index contributed by atoms with van der Waals surface area (Å²) in [6.07, 6.45) is 7.96. The molecule has 1 N–H and O–H groups in total. The second-order valence-corrected chi connectivity index (χ2v) is 9.28. The molecule has 5 rings (SSSR count). The average molecular weight is 443 g/mol. The van der Waals surface area contributed by atoms with Crippen molar-refractivity contribution in [3.05, 3.63) is 35.4 Å². The number of aromatic amines is 1. The summed E-state index contributed by atoms with van der Waals surface area (Å²) in [6, 6.07) is 4.37. The smallest absolute Gasteiger partial charge is 0.322 e. The molecule has 0 radical (unpaired) electrons. The molecule has 3 aromatic rings. The van der Waals surface area contributed by atoms with Gasteiger partial charge in [0.25, 0.3) is 0 Å². The lowest BCUT2D eigenvalue weighted by Gasteiger charge is -2.32. The van der Waals surface area contributed by atoms with Crippen molar-refractivity contribution in [2.24, 2.45) is 0 Å². The maximum Gasteiger partial charge on any atom is 0.322 e. The molecule has 5 heterocycles. The molecule has 8 nitrogen and oxygen atoms in total. The Morgan fingerprint density at radius 2 is 2.06 bits per heavy atom. The van der Waals surface area contributed by atoms with Gasteiger partial charge in [-0.3, -0.25) is 0 Å². The number of hydrogen-bond donors (Lipinski definition) is 1. The molecule has 31 heavy (non-hydrogen) atoms. The first kappa shape index (κ1) is 20.5. The predicted octanol–water partition coefficient (Wildman–Crippen LogP) is 4.12. The first-order valence-corrected chi connectivity index (χ1v) is 11.2. The third-order valence-electron chi connectivity index (χ3n) is 6.23. The highest BCUT2D eigenvalue weighted by molar-refractivity contribution is 6.28. The molecule has 2 aliphatic rings. The molecule has 0 aromatic carbocycles. The molecule has 3 aromatic heterocycles. The summed E-state index contributed by atoms with van der Waals surface area (Å²) in [6.45, 7) is 6.30. The highest BCUT2D eigenvalue weighted by Gasteiger charge is 2.32. The van der Waals surface area contributed by atoms with Crippen LogP contribution in [0.3, 0.4) is 0 Å². The second-order valence-electron chi connectivity index (χ2n) is 8.94. The first-order chi connectivity index (χ1) is 15.0. The van der Waals surface area contributed by atoms with Crippen molar-refractivity contribution in [3.8, 4) is 6.01 Å². The summed E-state index contributed by atoms with van der Waals surface area (Å²) in [4.78, 5) is 22.8.